The highest BCUT2D eigenvalue weighted by Crippen LogP contribution is 2.21. The number of carbonyl (C=O) groups is 1. The van der Waals surface area contributed by atoms with Crippen LogP contribution in [0.3, 0.4) is 0 Å². The first kappa shape index (κ1) is 12.3. The average Bonchev–Trinajstić information content (AvgIpc) is 2.37. The molecule has 0 aliphatic heterocycles. The molecule has 2 aromatic rings. The van der Waals surface area contributed by atoms with Crippen molar-refractivity contribution in [3.63, 3.8) is 0 Å². The standard InChI is InChI=1S/C13H14N2O3/c1-8(7-16)14-12-6-10(13(17)18)9-4-2-3-5-11(9)15-12/h2-6,8,16H,7H2,1H3,(H,14,15)(H,17,18). The van der Waals surface area contributed by atoms with Gasteiger partial charge in [0.05, 0.1) is 17.7 Å². The molecular weight excluding hydrogens is 232 g/mol. The molecule has 1 aromatic heterocycles. The van der Waals surface area contributed by atoms with E-state index in [0.717, 1.165) is 0 Å². The van der Waals surface area contributed by atoms with Crippen molar-refractivity contribution in [3.8, 4) is 0 Å². The smallest absolute Gasteiger partial charge is 0.336 e. The molecule has 3 N–H and O–H groups in total. The summed E-state index contributed by atoms with van der Waals surface area (Å²) in [5.41, 5.74) is 0.818. The molecule has 1 unspecified atom stereocenters. The number of hydrogen-bond acceptors (Lipinski definition) is 4. The number of para-hydroxylation sites is 1. The van der Waals surface area contributed by atoms with Gasteiger partial charge in [0.25, 0.3) is 0 Å². The number of aromatic nitrogens is 1. The van der Waals surface area contributed by atoms with Gasteiger partial charge in [0.1, 0.15) is 5.82 Å². The molecule has 2 rings (SSSR count). The van der Waals surface area contributed by atoms with Crippen molar-refractivity contribution in [1.29, 1.82) is 0 Å². The monoisotopic (exact) mass is 246 g/mol. The summed E-state index contributed by atoms with van der Waals surface area (Å²) >= 11 is 0. The van der Waals surface area contributed by atoms with Gasteiger partial charge in [-0.15, -0.1) is 0 Å². The third kappa shape index (κ3) is 2.41. The number of aromatic carboxylic acids is 1. The van der Waals surface area contributed by atoms with Crippen LogP contribution >= 0.6 is 0 Å². The fourth-order valence-corrected chi connectivity index (χ4v) is 1.72. The van der Waals surface area contributed by atoms with Gasteiger partial charge >= 0.3 is 5.97 Å². The van der Waals surface area contributed by atoms with Crippen LogP contribution in [0.4, 0.5) is 5.82 Å². The van der Waals surface area contributed by atoms with Crippen LogP contribution in [0.25, 0.3) is 10.9 Å². The van der Waals surface area contributed by atoms with Crippen molar-refractivity contribution in [1.82, 2.24) is 4.98 Å². The molecule has 5 heteroatoms. The van der Waals surface area contributed by atoms with Gasteiger partial charge in [-0.2, -0.15) is 0 Å². The number of anilines is 1. The Bertz CT molecular complexity index is 583. The quantitative estimate of drug-likeness (QED) is 0.765. The number of nitrogens with one attached hydrogen (secondary N) is 1. The highest BCUT2D eigenvalue weighted by Gasteiger charge is 2.12. The van der Waals surface area contributed by atoms with E-state index in [4.69, 9.17) is 5.11 Å². The lowest BCUT2D eigenvalue weighted by Crippen LogP contribution is -2.20. The van der Waals surface area contributed by atoms with Crippen molar-refractivity contribution in [2.24, 2.45) is 0 Å². The van der Waals surface area contributed by atoms with Crippen LogP contribution in [-0.2, 0) is 0 Å². The molecule has 0 amide bonds. The first-order valence-electron chi connectivity index (χ1n) is 5.62. The molecule has 0 aliphatic rings. The van der Waals surface area contributed by atoms with Crippen molar-refractivity contribution in [2.75, 3.05) is 11.9 Å². The van der Waals surface area contributed by atoms with Crippen LogP contribution in [0.1, 0.15) is 17.3 Å². The van der Waals surface area contributed by atoms with Crippen LogP contribution in [0.5, 0.6) is 0 Å². The lowest BCUT2D eigenvalue weighted by atomic mass is 10.1. The summed E-state index contributed by atoms with van der Waals surface area (Å²) in [6, 6.07) is 8.37. The Morgan fingerprint density at radius 2 is 2.17 bits per heavy atom. The number of carboxylic acids is 1. The zero-order chi connectivity index (χ0) is 13.1. The first-order chi connectivity index (χ1) is 8.61. The fourth-order valence-electron chi connectivity index (χ4n) is 1.72. The third-order valence-electron chi connectivity index (χ3n) is 2.61. The third-order valence-corrected chi connectivity index (χ3v) is 2.61. The van der Waals surface area contributed by atoms with Crippen LogP contribution in [0.2, 0.25) is 0 Å². The maximum atomic E-state index is 11.2. The Morgan fingerprint density at radius 3 is 2.83 bits per heavy atom. The highest BCUT2D eigenvalue weighted by molar-refractivity contribution is 6.03. The highest BCUT2D eigenvalue weighted by atomic mass is 16.4. The molecule has 5 nitrogen and oxygen atoms in total. The van der Waals surface area contributed by atoms with Crippen molar-refractivity contribution < 1.29 is 15.0 Å². The maximum Gasteiger partial charge on any atom is 0.336 e. The predicted molar refractivity (Wildman–Crippen MR) is 68.9 cm³/mol. The van der Waals surface area contributed by atoms with Gasteiger partial charge in [0.2, 0.25) is 0 Å². The summed E-state index contributed by atoms with van der Waals surface area (Å²) in [7, 11) is 0. The van der Waals surface area contributed by atoms with Crippen molar-refractivity contribution in [3.05, 3.63) is 35.9 Å². The van der Waals surface area contributed by atoms with Crippen LogP contribution in [-0.4, -0.2) is 33.8 Å². The molecule has 0 spiro atoms. The number of aliphatic hydroxyl groups is 1. The summed E-state index contributed by atoms with van der Waals surface area (Å²) in [4.78, 5) is 15.5. The van der Waals surface area contributed by atoms with Crippen LogP contribution < -0.4 is 5.32 Å². The lowest BCUT2D eigenvalue weighted by molar-refractivity contribution is 0.0699. The number of pyridine rings is 1. The zero-order valence-electron chi connectivity index (χ0n) is 9.92. The Kier molecular flexibility index (Phi) is 3.43. The van der Waals surface area contributed by atoms with E-state index in [1.165, 1.54) is 6.07 Å². The van der Waals surface area contributed by atoms with E-state index in [1.54, 1.807) is 31.2 Å². The molecule has 94 valence electrons. The summed E-state index contributed by atoms with van der Waals surface area (Å²) in [6.45, 7) is 1.74. The van der Waals surface area contributed by atoms with Crippen LogP contribution in [0, 0.1) is 0 Å². The topological polar surface area (TPSA) is 82.5 Å². The fraction of sp³-hybridized carbons (Fsp3) is 0.231. The van der Waals surface area contributed by atoms with E-state index >= 15 is 0 Å². The second-order valence-corrected chi connectivity index (χ2v) is 4.11. The number of carboxylic acid groups (broad SMARTS) is 1. The SMILES string of the molecule is CC(CO)Nc1cc(C(=O)O)c2ccccc2n1. The van der Waals surface area contributed by atoms with Crippen molar-refractivity contribution in [2.45, 2.75) is 13.0 Å². The Morgan fingerprint density at radius 1 is 1.44 bits per heavy atom. The zero-order valence-corrected chi connectivity index (χ0v) is 9.92. The second kappa shape index (κ2) is 5.01. The van der Waals surface area contributed by atoms with Crippen LogP contribution in [0.15, 0.2) is 30.3 Å². The Hall–Kier alpha value is -2.14. The molecule has 0 saturated carbocycles. The van der Waals surface area contributed by atoms with Gasteiger partial charge in [-0.25, -0.2) is 9.78 Å². The normalized spacial score (nSPS) is 12.3. The van der Waals surface area contributed by atoms with Gasteiger partial charge in [-0.3, -0.25) is 0 Å². The molecule has 0 bridgehead atoms. The molecular formula is C13H14N2O3. The number of aliphatic hydroxyl groups excluding tert-OH is 1. The van der Waals surface area contributed by atoms with E-state index in [-0.39, 0.29) is 18.2 Å². The molecule has 0 saturated heterocycles. The van der Waals surface area contributed by atoms with E-state index in [2.05, 4.69) is 10.3 Å². The molecule has 1 heterocycles. The Labute approximate surface area is 104 Å². The molecule has 1 aromatic carbocycles. The van der Waals surface area contributed by atoms with E-state index in [9.17, 15) is 9.90 Å². The second-order valence-electron chi connectivity index (χ2n) is 4.11. The number of nitrogens with zero attached hydrogens (tertiary/aromatic N) is 1. The van der Waals surface area contributed by atoms with E-state index in [0.29, 0.717) is 16.7 Å². The van der Waals surface area contributed by atoms with E-state index < -0.39 is 5.97 Å². The minimum Gasteiger partial charge on any atom is -0.478 e. The number of hydrogen-bond donors (Lipinski definition) is 3. The molecule has 0 fully saturated rings. The molecule has 18 heavy (non-hydrogen) atoms. The van der Waals surface area contributed by atoms with Gasteiger partial charge in [0, 0.05) is 11.4 Å². The van der Waals surface area contributed by atoms with Gasteiger partial charge in [-0.1, -0.05) is 18.2 Å². The molecule has 1 atom stereocenters. The largest absolute Gasteiger partial charge is 0.478 e. The summed E-state index contributed by atoms with van der Waals surface area (Å²) in [6.07, 6.45) is 0. The summed E-state index contributed by atoms with van der Waals surface area (Å²) < 4.78 is 0. The summed E-state index contributed by atoms with van der Waals surface area (Å²) in [5.74, 6) is -0.541. The Balaban J connectivity index is 2.54. The minimum atomic E-state index is -0.992. The van der Waals surface area contributed by atoms with Crippen molar-refractivity contribution >= 4 is 22.7 Å². The van der Waals surface area contributed by atoms with Gasteiger partial charge < -0.3 is 15.5 Å². The molecule has 0 aliphatic carbocycles. The lowest BCUT2D eigenvalue weighted by Gasteiger charge is -2.13. The number of fused-ring (bicyclic) bond motifs is 1. The summed E-state index contributed by atoms with van der Waals surface area (Å²) in [5, 5.41) is 21.7. The van der Waals surface area contributed by atoms with E-state index in [1.807, 2.05) is 0 Å². The van der Waals surface area contributed by atoms with Gasteiger partial charge in [-0.05, 0) is 19.1 Å². The first-order valence-corrected chi connectivity index (χ1v) is 5.62. The number of benzene rings is 1. The van der Waals surface area contributed by atoms with Gasteiger partial charge in [0.15, 0.2) is 0 Å². The molecule has 0 radical (unpaired) electrons. The minimum absolute atomic E-state index is 0.0447. The number of rotatable bonds is 4. The average molecular weight is 246 g/mol. The maximum absolute atomic E-state index is 11.2. The predicted octanol–water partition coefficient (Wildman–Crippen LogP) is 1.73.